The largest absolute Gasteiger partial charge is 0.490 e. The van der Waals surface area contributed by atoms with Crippen LogP contribution in [0.4, 0.5) is 11.4 Å². The molecule has 5 rings (SSSR count). The van der Waals surface area contributed by atoms with Crippen molar-refractivity contribution in [3.05, 3.63) is 124 Å². The fraction of sp³-hybridized carbons (Fsp3) is 0.176. The van der Waals surface area contributed by atoms with E-state index in [4.69, 9.17) is 14.5 Å². The Morgan fingerprint density at radius 2 is 1.50 bits per heavy atom. The predicted molar refractivity (Wildman–Crippen MR) is 166 cm³/mol. The molecule has 4 aromatic carbocycles. The van der Waals surface area contributed by atoms with E-state index < -0.39 is 0 Å². The van der Waals surface area contributed by atoms with Crippen molar-refractivity contribution in [3.8, 4) is 11.5 Å². The average molecular weight is 549 g/mol. The van der Waals surface area contributed by atoms with E-state index in [1.165, 1.54) is 34.0 Å². The third kappa shape index (κ3) is 6.13. The Balaban J connectivity index is 1.44. The Morgan fingerprint density at radius 1 is 0.825 bits per heavy atom. The van der Waals surface area contributed by atoms with E-state index in [1.807, 2.05) is 91.9 Å². The van der Waals surface area contributed by atoms with Gasteiger partial charge in [0.25, 0.3) is 5.91 Å². The van der Waals surface area contributed by atoms with E-state index in [0.717, 1.165) is 16.9 Å². The van der Waals surface area contributed by atoms with Crippen LogP contribution in [0.25, 0.3) is 6.08 Å². The van der Waals surface area contributed by atoms with Crippen LogP contribution in [-0.4, -0.2) is 17.7 Å². The van der Waals surface area contributed by atoms with Crippen LogP contribution in [0.2, 0.25) is 0 Å². The Kier molecular flexibility index (Phi) is 8.37. The molecule has 1 amide bonds. The number of rotatable bonds is 8. The summed E-state index contributed by atoms with van der Waals surface area (Å²) < 4.78 is 12.2. The molecule has 0 atom stereocenters. The second-order valence-corrected chi connectivity index (χ2v) is 10.6. The van der Waals surface area contributed by atoms with Crippen molar-refractivity contribution in [1.82, 2.24) is 0 Å². The molecule has 1 aliphatic rings. The molecule has 0 aromatic heterocycles. The van der Waals surface area contributed by atoms with Crippen LogP contribution in [0, 0.1) is 20.8 Å². The quantitative estimate of drug-likeness (QED) is 0.208. The van der Waals surface area contributed by atoms with Gasteiger partial charge in [-0.3, -0.25) is 9.69 Å². The molecule has 40 heavy (non-hydrogen) atoms. The number of hydrogen-bond acceptors (Lipinski definition) is 5. The number of carbonyl (C=O) groups is 1. The highest BCUT2D eigenvalue weighted by Gasteiger charge is 2.34. The van der Waals surface area contributed by atoms with E-state index in [-0.39, 0.29) is 5.91 Å². The van der Waals surface area contributed by atoms with Gasteiger partial charge < -0.3 is 9.47 Å². The smallest absolute Gasteiger partial charge is 0.271 e. The van der Waals surface area contributed by atoms with Gasteiger partial charge in [0.1, 0.15) is 6.61 Å². The lowest BCUT2D eigenvalue weighted by molar-refractivity contribution is -0.113. The number of carbonyl (C=O) groups excluding carboxylic acids is 1. The molecule has 5 nitrogen and oxygen atoms in total. The first-order chi connectivity index (χ1) is 19.4. The summed E-state index contributed by atoms with van der Waals surface area (Å²) in [5, 5.41) is 0.613. The Morgan fingerprint density at radius 3 is 2.17 bits per heavy atom. The summed E-state index contributed by atoms with van der Waals surface area (Å²) in [6, 6.07) is 29.4. The maximum absolute atomic E-state index is 13.6. The number of amidine groups is 1. The van der Waals surface area contributed by atoms with Crippen molar-refractivity contribution in [3.63, 3.8) is 0 Å². The summed E-state index contributed by atoms with van der Waals surface area (Å²) in [5.41, 5.74) is 7.27. The van der Waals surface area contributed by atoms with Crippen LogP contribution < -0.4 is 14.4 Å². The van der Waals surface area contributed by atoms with Gasteiger partial charge in [-0.2, -0.15) is 0 Å². The van der Waals surface area contributed by atoms with Crippen molar-refractivity contribution in [2.24, 2.45) is 4.99 Å². The first kappa shape index (κ1) is 27.3. The average Bonchev–Trinajstić information content (AvgIpc) is 3.24. The Labute approximate surface area is 240 Å². The van der Waals surface area contributed by atoms with Crippen LogP contribution in [-0.2, 0) is 11.4 Å². The molecule has 1 saturated heterocycles. The monoisotopic (exact) mass is 548 g/mol. The number of hydrogen-bond donors (Lipinski definition) is 0. The van der Waals surface area contributed by atoms with E-state index in [2.05, 4.69) is 32.9 Å². The normalized spacial score (nSPS) is 15.2. The third-order valence-corrected chi connectivity index (χ3v) is 7.55. The molecule has 1 heterocycles. The van der Waals surface area contributed by atoms with Gasteiger partial charge in [0.05, 0.1) is 22.9 Å². The first-order valence-electron chi connectivity index (χ1n) is 13.3. The van der Waals surface area contributed by atoms with Gasteiger partial charge in [0, 0.05) is 0 Å². The number of benzene rings is 4. The van der Waals surface area contributed by atoms with Gasteiger partial charge in [-0.25, -0.2) is 4.99 Å². The Bertz CT molecular complexity index is 1560. The van der Waals surface area contributed by atoms with Gasteiger partial charge in [-0.15, -0.1) is 0 Å². The molecule has 0 saturated carbocycles. The molecule has 202 valence electrons. The number of aryl methyl sites for hydroxylation is 3. The molecule has 0 aliphatic carbocycles. The van der Waals surface area contributed by atoms with E-state index in [9.17, 15) is 4.79 Å². The van der Waals surface area contributed by atoms with Crippen LogP contribution in [0.5, 0.6) is 11.5 Å². The zero-order valence-electron chi connectivity index (χ0n) is 23.2. The maximum atomic E-state index is 13.6. The fourth-order valence-corrected chi connectivity index (χ4v) is 5.71. The molecule has 0 spiro atoms. The number of aliphatic imine (C=N–C) groups is 1. The Hall–Kier alpha value is -4.29. The second kappa shape index (κ2) is 12.3. The molecular formula is C34H32N2O3S. The number of amides is 1. The van der Waals surface area contributed by atoms with Crippen molar-refractivity contribution in [2.75, 3.05) is 11.5 Å². The van der Waals surface area contributed by atoms with Crippen LogP contribution in [0.15, 0.2) is 101 Å². The molecule has 0 N–H and O–H groups in total. The lowest BCUT2D eigenvalue weighted by Gasteiger charge is -2.16. The SMILES string of the molecule is CCOc1cc(/C=C2\SC(=Nc3ccccc3)N(c3ccccc3)C2=O)ccc1OCc1c(C)cc(C)cc1C. The first-order valence-corrected chi connectivity index (χ1v) is 14.1. The minimum atomic E-state index is -0.116. The van der Waals surface area contributed by atoms with E-state index in [0.29, 0.717) is 34.8 Å². The molecule has 1 aliphatic heterocycles. The lowest BCUT2D eigenvalue weighted by Crippen LogP contribution is -2.28. The number of thioether (sulfide) groups is 1. The zero-order valence-corrected chi connectivity index (χ0v) is 24.0. The predicted octanol–water partition coefficient (Wildman–Crippen LogP) is 8.40. The summed E-state index contributed by atoms with van der Waals surface area (Å²) in [6.45, 7) is 9.24. The van der Waals surface area contributed by atoms with Crippen molar-refractivity contribution >= 4 is 40.3 Å². The fourth-order valence-electron chi connectivity index (χ4n) is 4.71. The van der Waals surface area contributed by atoms with Crippen molar-refractivity contribution in [2.45, 2.75) is 34.3 Å². The van der Waals surface area contributed by atoms with Crippen molar-refractivity contribution in [1.29, 1.82) is 0 Å². The highest BCUT2D eigenvalue weighted by Crippen LogP contribution is 2.38. The lowest BCUT2D eigenvalue weighted by atomic mass is 10.0. The maximum Gasteiger partial charge on any atom is 0.271 e. The van der Waals surface area contributed by atoms with Crippen LogP contribution in [0.1, 0.15) is 34.7 Å². The molecule has 4 aromatic rings. The van der Waals surface area contributed by atoms with Gasteiger partial charge >= 0.3 is 0 Å². The number of nitrogens with zero attached hydrogens (tertiary/aromatic N) is 2. The highest BCUT2D eigenvalue weighted by molar-refractivity contribution is 8.19. The minimum Gasteiger partial charge on any atom is -0.490 e. The molecule has 0 bridgehead atoms. The minimum absolute atomic E-state index is 0.116. The number of para-hydroxylation sites is 2. The van der Waals surface area contributed by atoms with Crippen LogP contribution >= 0.6 is 11.8 Å². The van der Waals surface area contributed by atoms with E-state index in [1.54, 1.807) is 4.90 Å². The molecule has 0 unspecified atom stereocenters. The van der Waals surface area contributed by atoms with Crippen molar-refractivity contribution < 1.29 is 14.3 Å². The topological polar surface area (TPSA) is 51.1 Å². The zero-order chi connectivity index (χ0) is 28.1. The van der Waals surface area contributed by atoms with Gasteiger partial charge in [-0.05, 0) is 104 Å². The summed E-state index contributed by atoms with van der Waals surface area (Å²) in [6.07, 6.45) is 1.89. The summed E-state index contributed by atoms with van der Waals surface area (Å²) in [5.74, 6) is 1.20. The second-order valence-electron chi connectivity index (χ2n) is 9.62. The summed E-state index contributed by atoms with van der Waals surface area (Å²) >= 11 is 1.36. The van der Waals surface area contributed by atoms with Gasteiger partial charge in [-0.1, -0.05) is 60.2 Å². The highest BCUT2D eigenvalue weighted by atomic mass is 32.2. The molecule has 0 radical (unpaired) electrons. The number of ether oxygens (including phenoxy) is 2. The standard InChI is InChI=1S/C34H32N2O3S/c1-5-38-31-20-26(16-17-30(31)39-22-29-24(3)18-23(2)19-25(29)4)21-32-33(37)36(28-14-10-7-11-15-28)34(40-32)35-27-12-8-6-9-13-27/h6-21H,5,22H2,1-4H3/b32-21-,35-34?. The summed E-state index contributed by atoms with van der Waals surface area (Å²) in [4.78, 5) is 20.7. The molecule has 1 fully saturated rings. The molecule has 6 heteroatoms. The van der Waals surface area contributed by atoms with Gasteiger partial charge in [0.2, 0.25) is 0 Å². The van der Waals surface area contributed by atoms with E-state index >= 15 is 0 Å². The number of anilines is 1. The summed E-state index contributed by atoms with van der Waals surface area (Å²) in [7, 11) is 0. The van der Waals surface area contributed by atoms with Gasteiger partial charge in [0.15, 0.2) is 16.7 Å². The van der Waals surface area contributed by atoms with Crippen LogP contribution in [0.3, 0.4) is 0 Å². The molecular weight excluding hydrogens is 516 g/mol. The third-order valence-electron chi connectivity index (χ3n) is 6.58.